The van der Waals surface area contributed by atoms with Crippen LogP contribution >= 0.6 is 23.1 Å². The van der Waals surface area contributed by atoms with Gasteiger partial charge >= 0.3 is 0 Å². The summed E-state index contributed by atoms with van der Waals surface area (Å²) in [4.78, 5) is 12.4. The second-order valence-electron chi connectivity index (χ2n) is 10.6. The van der Waals surface area contributed by atoms with Gasteiger partial charge in [0.25, 0.3) is 10.0 Å². The molecule has 0 fully saturated rings. The third kappa shape index (κ3) is 10.2. The molecule has 0 spiro atoms. The largest absolute Gasteiger partial charge is 0.493 e. The topological polar surface area (TPSA) is 81.7 Å². The van der Waals surface area contributed by atoms with E-state index >= 15 is 0 Å². The van der Waals surface area contributed by atoms with Crippen LogP contribution in [0.4, 0.5) is 0 Å². The average Bonchev–Trinajstić information content (AvgIpc) is 3.64. The summed E-state index contributed by atoms with van der Waals surface area (Å²) in [6.45, 7) is 1.10. The monoisotopic (exact) mass is 671 g/mol. The van der Waals surface area contributed by atoms with Crippen molar-refractivity contribution in [1.82, 2.24) is 4.72 Å². The Morgan fingerprint density at radius 3 is 2.26 bits per heavy atom. The van der Waals surface area contributed by atoms with E-state index in [1.807, 2.05) is 72.4 Å². The first-order chi connectivity index (χ1) is 22.5. The Bertz CT molecular complexity index is 1770. The molecule has 0 saturated heterocycles. The van der Waals surface area contributed by atoms with Gasteiger partial charge in [0.15, 0.2) is 0 Å². The molecule has 6 nitrogen and oxygen atoms in total. The molecule has 0 atom stereocenters. The number of benzene rings is 4. The highest BCUT2D eigenvalue weighted by atomic mass is 32.2. The van der Waals surface area contributed by atoms with E-state index in [9.17, 15) is 13.2 Å². The van der Waals surface area contributed by atoms with Crippen LogP contribution in [0, 0.1) is 0 Å². The van der Waals surface area contributed by atoms with Crippen LogP contribution in [0.25, 0.3) is 11.1 Å². The van der Waals surface area contributed by atoms with E-state index in [2.05, 4.69) is 47.2 Å². The van der Waals surface area contributed by atoms with Crippen molar-refractivity contribution in [1.29, 1.82) is 0 Å². The molecule has 0 radical (unpaired) electrons. The second-order valence-corrected chi connectivity index (χ2v) is 14.6. The van der Waals surface area contributed by atoms with E-state index in [1.165, 1.54) is 17.2 Å². The summed E-state index contributed by atoms with van der Waals surface area (Å²) in [6, 6.07) is 37.7. The summed E-state index contributed by atoms with van der Waals surface area (Å²) in [5.41, 5.74) is 5.59. The van der Waals surface area contributed by atoms with Crippen LogP contribution in [0.15, 0.2) is 125 Å². The number of sulfonamides is 1. The van der Waals surface area contributed by atoms with Crippen molar-refractivity contribution in [2.45, 2.75) is 35.6 Å². The molecular formula is C37H37NO5S3. The van der Waals surface area contributed by atoms with Crippen LogP contribution < -0.4 is 14.2 Å². The molecule has 238 valence electrons. The van der Waals surface area contributed by atoms with Gasteiger partial charge in [0.05, 0.1) is 13.2 Å². The summed E-state index contributed by atoms with van der Waals surface area (Å²) in [5.74, 6) is 3.17. The first-order valence-electron chi connectivity index (χ1n) is 15.2. The third-order valence-corrected chi connectivity index (χ3v) is 11.0. The first kappa shape index (κ1) is 33.3. The van der Waals surface area contributed by atoms with E-state index in [-0.39, 0.29) is 10.6 Å². The molecule has 0 unspecified atom stereocenters. The lowest BCUT2D eigenvalue weighted by Gasteiger charge is -2.12. The molecule has 0 bridgehead atoms. The van der Waals surface area contributed by atoms with Gasteiger partial charge in [-0.05, 0) is 82.1 Å². The maximum Gasteiger partial charge on any atom is 0.273 e. The van der Waals surface area contributed by atoms with E-state index < -0.39 is 15.9 Å². The molecule has 9 heteroatoms. The van der Waals surface area contributed by atoms with Crippen molar-refractivity contribution in [3.63, 3.8) is 0 Å². The number of hydrogen-bond donors (Lipinski definition) is 1. The molecule has 0 saturated carbocycles. The Kier molecular flexibility index (Phi) is 12.3. The lowest BCUT2D eigenvalue weighted by molar-refractivity contribution is -0.119. The van der Waals surface area contributed by atoms with Crippen molar-refractivity contribution in [2.24, 2.45) is 0 Å². The fourth-order valence-electron chi connectivity index (χ4n) is 4.86. The van der Waals surface area contributed by atoms with Gasteiger partial charge in [-0.15, -0.1) is 11.3 Å². The number of aryl methyl sites for hydroxylation is 2. The Morgan fingerprint density at radius 1 is 0.739 bits per heavy atom. The van der Waals surface area contributed by atoms with Gasteiger partial charge in [-0.2, -0.15) is 11.8 Å². The summed E-state index contributed by atoms with van der Waals surface area (Å²) >= 11 is 3.01. The molecule has 5 aromatic rings. The molecular weight excluding hydrogens is 635 g/mol. The molecule has 5 rings (SSSR count). The van der Waals surface area contributed by atoms with Crippen LogP contribution in [0.3, 0.4) is 0 Å². The molecule has 0 aliphatic rings. The van der Waals surface area contributed by atoms with Crippen molar-refractivity contribution < 1.29 is 22.7 Å². The zero-order valence-electron chi connectivity index (χ0n) is 25.5. The number of thioether (sulfide) groups is 1. The molecule has 0 aliphatic heterocycles. The minimum absolute atomic E-state index is 0.0584. The standard InChI is InChI=1S/C37H37NO5S3/c39-36(38-46(40,41)37-15-7-25-45-37)21-18-31-12-4-5-14-35(31)32-16-19-33(20-17-32)42-23-8-24-43-34-13-6-11-30(27-34)28-44-26-22-29-9-2-1-3-10-29/h1-7,9-17,19-20,25,27H,8,18,21-24,26,28H2,(H,38,39). The van der Waals surface area contributed by atoms with Gasteiger partial charge in [-0.25, -0.2) is 13.1 Å². The normalized spacial score (nSPS) is 11.2. The Morgan fingerprint density at radius 2 is 1.48 bits per heavy atom. The van der Waals surface area contributed by atoms with Gasteiger partial charge in [-0.1, -0.05) is 84.9 Å². The lowest BCUT2D eigenvalue weighted by atomic mass is 9.96. The number of carbonyl (C=O) groups excluding carboxylic acids is 1. The van der Waals surface area contributed by atoms with Crippen LogP contribution in [0.5, 0.6) is 11.5 Å². The lowest BCUT2D eigenvalue weighted by Crippen LogP contribution is -2.30. The maximum absolute atomic E-state index is 12.4. The molecule has 4 aromatic carbocycles. The molecule has 1 heterocycles. The molecule has 1 N–H and O–H groups in total. The summed E-state index contributed by atoms with van der Waals surface area (Å²) < 4.78 is 39.0. The maximum atomic E-state index is 12.4. The van der Waals surface area contributed by atoms with Gasteiger partial charge in [0.1, 0.15) is 15.7 Å². The van der Waals surface area contributed by atoms with Crippen molar-refractivity contribution in [3.8, 4) is 22.6 Å². The van der Waals surface area contributed by atoms with Gasteiger partial charge < -0.3 is 9.47 Å². The zero-order valence-corrected chi connectivity index (χ0v) is 27.9. The minimum atomic E-state index is -3.83. The average molecular weight is 672 g/mol. The predicted octanol–water partition coefficient (Wildman–Crippen LogP) is 8.18. The first-order valence-corrected chi connectivity index (χ1v) is 18.7. The minimum Gasteiger partial charge on any atom is -0.493 e. The third-order valence-electron chi connectivity index (χ3n) is 7.18. The summed E-state index contributed by atoms with van der Waals surface area (Å²) in [5, 5.41) is 1.66. The summed E-state index contributed by atoms with van der Waals surface area (Å²) in [7, 11) is -3.83. The van der Waals surface area contributed by atoms with Crippen LogP contribution in [0.1, 0.15) is 29.5 Å². The number of nitrogens with one attached hydrogen (secondary N) is 1. The predicted molar refractivity (Wildman–Crippen MR) is 188 cm³/mol. The number of hydrogen-bond acceptors (Lipinski definition) is 7. The number of ether oxygens (including phenoxy) is 2. The fourth-order valence-corrected chi connectivity index (χ4v) is 7.80. The molecule has 1 aromatic heterocycles. The van der Waals surface area contributed by atoms with Crippen molar-refractivity contribution >= 4 is 39.0 Å². The number of amides is 1. The Hall–Kier alpha value is -4.05. The van der Waals surface area contributed by atoms with E-state index in [4.69, 9.17) is 9.47 Å². The van der Waals surface area contributed by atoms with Crippen LogP contribution in [-0.2, 0) is 33.4 Å². The summed E-state index contributed by atoms with van der Waals surface area (Å²) in [6.07, 6.45) is 2.30. The highest BCUT2D eigenvalue weighted by molar-refractivity contribution is 7.98. The zero-order chi connectivity index (χ0) is 32.0. The smallest absolute Gasteiger partial charge is 0.273 e. The second kappa shape index (κ2) is 17.0. The molecule has 0 aliphatic carbocycles. The van der Waals surface area contributed by atoms with Crippen LogP contribution in [0.2, 0.25) is 0 Å². The molecule has 1 amide bonds. The molecule has 46 heavy (non-hydrogen) atoms. The van der Waals surface area contributed by atoms with Gasteiger partial charge in [-0.3, -0.25) is 4.79 Å². The number of carbonyl (C=O) groups is 1. The number of thiophene rings is 1. The number of rotatable bonds is 17. The van der Waals surface area contributed by atoms with E-state index in [0.717, 1.165) is 63.9 Å². The van der Waals surface area contributed by atoms with Gasteiger partial charge in [0.2, 0.25) is 5.91 Å². The fraction of sp³-hybridized carbons (Fsp3) is 0.216. The van der Waals surface area contributed by atoms with Crippen molar-refractivity contribution in [2.75, 3.05) is 19.0 Å². The van der Waals surface area contributed by atoms with Gasteiger partial charge in [0, 0.05) is 18.6 Å². The van der Waals surface area contributed by atoms with E-state index in [0.29, 0.717) is 19.6 Å². The van der Waals surface area contributed by atoms with Crippen LogP contribution in [-0.4, -0.2) is 33.3 Å². The quantitative estimate of drug-likeness (QED) is 0.101. The highest BCUT2D eigenvalue weighted by Crippen LogP contribution is 2.27. The van der Waals surface area contributed by atoms with Crippen molar-refractivity contribution in [3.05, 3.63) is 137 Å². The Labute approximate surface area is 279 Å². The highest BCUT2D eigenvalue weighted by Gasteiger charge is 2.18. The Balaban J connectivity index is 1.03. The van der Waals surface area contributed by atoms with E-state index in [1.54, 1.807) is 11.4 Å². The SMILES string of the molecule is O=C(CCc1ccccc1-c1ccc(OCCCOc2cccc(CSCCc3ccccc3)c2)cc1)NS(=O)(=O)c1cccs1.